The number of hydrogen-bond acceptors (Lipinski definition) is 6. The average molecular weight is 724 g/mol. The van der Waals surface area contributed by atoms with E-state index in [9.17, 15) is 23.5 Å². The number of rotatable bonds is 12. The van der Waals surface area contributed by atoms with E-state index < -0.39 is 28.4 Å². The molecular weight excluding hydrogens is 686 g/mol. The summed E-state index contributed by atoms with van der Waals surface area (Å²) >= 11 is 12.7. The molecule has 1 fully saturated rings. The van der Waals surface area contributed by atoms with Crippen molar-refractivity contribution in [1.29, 1.82) is 5.26 Å². The molecular formula is C37H37Cl2FN4O4S. The Kier molecular flexibility index (Phi) is 11.9. The summed E-state index contributed by atoms with van der Waals surface area (Å²) in [7, 11) is 0.104. The molecule has 0 bridgehead atoms. The maximum atomic E-state index is 14.4. The molecule has 2 unspecified atom stereocenters. The number of benzene rings is 4. The first-order valence-corrected chi connectivity index (χ1v) is 18.2. The number of methoxy groups -OCH3 is 1. The predicted molar refractivity (Wildman–Crippen MR) is 191 cm³/mol. The van der Waals surface area contributed by atoms with Crippen molar-refractivity contribution in [1.82, 2.24) is 9.80 Å². The lowest BCUT2D eigenvalue weighted by molar-refractivity contribution is -0.118. The number of fused-ring (bicyclic) bond motifs is 1. The molecule has 1 aliphatic heterocycles. The fourth-order valence-corrected chi connectivity index (χ4v) is 7.85. The third kappa shape index (κ3) is 8.42. The summed E-state index contributed by atoms with van der Waals surface area (Å²) in [4.78, 5) is 31.1. The van der Waals surface area contributed by atoms with Crippen LogP contribution in [0.4, 0.5) is 4.39 Å². The molecule has 5 rings (SSSR count). The zero-order chi connectivity index (χ0) is 35.2. The Morgan fingerprint density at radius 2 is 1.84 bits per heavy atom. The van der Waals surface area contributed by atoms with Crippen LogP contribution in [0, 0.1) is 17.1 Å². The second-order valence-electron chi connectivity index (χ2n) is 12.2. The van der Waals surface area contributed by atoms with Crippen molar-refractivity contribution in [3.8, 4) is 11.8 Å². The molecule has 1 heterocycles. The topological polar surface area (TPSA) is 117 Å². The third-order valence-electron chi connectivity index (χ3n) is 9.14. The largest absolute Gasteiger partial charge is 0.495 e. The van der Waals surface area contributed by atoms with Gasteiger partial charge in [-0.15, -0.1) is 0 Å². The van der Waals surface area contributed by atoms with Crippen LogP contribution in [0.2, 0.25) is 10.0 Å². The summed E-state index contributed by atoms with van der Waals surface area (Å²) in [5, 5.41) is 11.9. The fraction of sp³-hybridized carbons (Fsp3) is 0.324. The molecule has 49 heavy (non-hydrogen) atoms. The fourth-order valence-electron chi connectivity index (χ4n) is 6.70. The standard InChI is InChI=1S/C37H37Cl2FN4O4S/c1-48-36-27(20-41)17-25-5-3-4-6-30(25)35(36)37(46)44(22-34(42)45)21-26(24-7-10-31(38)32(39)18-24)13-16-43-14-11-23(12-15-43)29-9-8-28(40)19-33(29)49(2)47/h3-10,17-19,23,26H,11-16,21-22H2,1-2H3,(H2,42,45). The van der Waals surface area contributed by atoms with E-state index in [2.05, 4.69) is 11.0 Å². The maximum absolute atomic E-state index is 14.4. The van der Waals surface area contributed by atoms with Crippen LogP contribution in [0.1, 0.15) is 58.1 Å². The summed E-state index contributed by atoms with van der Waals surface area (Å²) in [6.45, 7) is 2.02. The van der Waals surface area contributed by atoms with Gasteiger partial charge in [0.2, 0.25) is 5.91 Å². The number of primary amides is 1. The monoisotopic (exact) mass is 722 g/mol. The Bertz CT molecular complexity index is 1940. The van der Waals surface area contributed by atoms with Gasteiger partial charge in [-0.05, 0) is 97.0 Å². The van der Waals surface area contributed by atoms with Gasteiger partial charge >= 0.3 is 0 Å². The highest BCUT2D eigenvalue weighted by atomic mass is 35.5. The SMILES string of the molecule is COc1c(C#N)cc2ccccc2c1C(=O)N(CC(N)=O)CC(CCN1CCC(c2ccc(F)cc2S(C)=O)CC1)c1ccc(Cl)c(Cl)c1. The lowest BCUT2D eigenvalue weighted by Gasteiger charge is -2.34. The van der Waals surface area contributed by atoms with Crippen molar-refractivity contribution in [2.45, 2.75) is 36.0 Å². The number of amides is 2. The smallest absolute Gasteiger partial charge is 0.258 e. The molecule has 0 aliphatic carbocycles. The number of nitrogens with zero attached hydrogens (tertiary/aromatic N) is 3. The van der Waals surface area contributed by atoms with E-state index in [1.807, 2.05) is 18.2 Å². The van der Waals surface area contributed by atoms with Gasteiger partial charge in [0, 0.05) is 23.6 Å². The van der Waals surface area contributed by atoms with Gasteiger partial charge in [-0.2, -0.15) is 5.26 Å². The van der Waals surface area contributed by atoms with E-state index in [-0.39, 0.29) is 41.8 Å². The van der Waals surface area contributed by atoms with E-state index in [0.29, 0.717) is 38.7 Å². The number of hydrogen-bond donors (Lipinski definition) is 1. The van der Waals surface area contributed by atoms with Crippen molar-refractivity contribution in [3.63, 3.8) is 0 Å². The van der Waals surface area contributed by atoms with Crippen molar-refractivity contribution >= 4 is 56.6 Å². The molecule has 8 nitrogen and oxygen atoms in total. The number of carbonyl (C=O) groups is 2. The van der Waals surface area contributed by atoms with Gasteiger partial charge < -0.3 is 20.3 Å². The van der Waals surface area contributed by atoms with Crippen LogP contribution in [-0.2, 0) is 15.6 Å². The first kappa shape index (κ1) is 36.3. The molecule has 2 atom stereocenters. The predicted octanol–water partition coefficient (Wildman–Crippen LogP) is 6.88. The van der Waals surface area contributed by atoms with Crippen molar-refractivity contribution < 1.29 is 22.9 Å². The van der Waals surface area contributed by atoms with Crippen LogP contribution in [-0.4, -0.2) is 71.9 Å². The molecule has 0 radical (unpaired) electrons. The van der Waals surface area contributed by atoms with Gasteiger partial charge in [0.05, 0.1) is 45.6 Å². The van der Waals surface area contributed by atoms with Gasteiger partial charge in [-0.1, -0.05) is 59.6 Å². The molecule has 1 saturated heterocycles. The van der Waals surface area contributed by atoms with Crippen LogP contribution in [0.5, 0.6) is 5.75 Å². The van der Waals surface area contributed by atoms with Crippen LogP contribution < -0.4 is 10.5 Å². The quantitative estimate of drug-likeness (QED) is 0.170. The minimum Gasteiger partial charge on any atom is -0.495 e. The molecule has 4 aromatic rings. The Balaban J connectivity index is 1.41. The van der Waals surface area contributed by atoms with Gasteiger partial charge in [-0.3, -0.25) is 13.8 Å². The Hall–Kier alpha value is -4.01. The summed E-state index contributed by atoms with van der Waals surface area (Å²) in [6.07, 6.45) is 3.83. The van der Waals surface area contributed by atoms with E-state index in [1.54, 1.807) is 42.7 Å². The number of carbonyl (C=O) groups excluding carboxylic acids is 2. The summed E-state index contributed by atoms with van der Waals surface area (Å²) in [5.41, 5.74) is 7.85. The highest BCUT2D eigenvalue weighted by Crippen LogP contribution is 2.36. The van der Waals surface area contributed by atoms with Gasteiger partial charge in [0.25, 0.3) is 5.91 Å². The minimum absolute atomic E-state index is 0.130. The molecule has 0 aromatic heterocycles. The molecule has 0 saturated carbocycles. The first-order chi connectivity index (χ1) is 23.5. The zero-order valence-electron chi connectivity index (χ0n) is 27.3. The van der Waals surface area contributed by atoms with Gasteiger partial charge in [-0.25, -0.2) is 4.39 Å². The number of nitriles is 1. The number of nitrogens with two attached hydrogens (primary N) is 1. The number of piperidine rings is 1. The number of halogens is 3. The third-order valence-corrected chi connectivity index (χ3v) is 10.8. The Labute approximate surface area is 298 Å². The molecule has 2 amide bonds. The second kappa shape index (κ2) is 16.1. The van der Waals surface area contributed by atoms with E-state index >= 15 is 0 Å². The molecule has 4 aromatic carbocycles. The lowest BCUT2D eigenvalue weighted by atomic mass is 9.88. The number of likely N-dealkylation sites (tertiary alicyclic amines) is 1. The Morgan fingerprint density at radius 3 is 2.49 bits per heavy atom. The van der Waals surface area contributed by atoms with Crippen LogP contribution >= 0.6 is 23.2 Å². The number of ether oxygens (including phenoxy) is 1. The highest BCUT2D eigenvalue weighted by molar-refractivity contribution is 7.84. The van der Waals surface area contributed by atoms with E-state index in [1.165, 1.54) is 24.1 Å². The summed E-state index contributed by atoms with van der Waals surface area (Å²) in [6, 6.07) is 20.9. The molecule has 256 valence electrons. The second-order valence-corrected chi connectivity index (χ2v) is 14.4. The van der Waals surface area contributed by atoms with Gasteiger partial charge in [0.1, 0.15) is 17.6 Å². The normalized spacial score (nSPS) is 15.0. The van der Waals surface area contributed by atoms with Crippen LogP contribution in [0.3, 0.4) is 0 Å². The lowest BCUT2D eigenvalue weighted by Crippen LogP contribution is -2.42. The molecule has 0 spiro atoms. The van der Waals surface area contributed by atoms with Crippen LogP contribution in [0.25, 0.3) is 10.8 Å². The maximum Gasteiger partial charge on any atom is 0.258 e. The molecule has 1 aliphatic rings. The van der Waals surface area contributed by atoms with E-state index in [4.69, 9.17) is 33.7 Å². The highest BCUT2D eigenvalue weighted by Gasteiger charge is 2.30. The summed E-state index contributed by atoms with van der Waals surface area (Å²) in [5.74, 6) is -1.54. The average Bonchev–Trinajstić information content (AvgIpc) is 3.09. The molecule has 12 heteroatoms. The van der Waals surface area contributed by atoms with Crippen molar-refractivity contribution in [2.24, 2.45) is 5.73 Å². The zero-order valence-corrected chi connectivity index (χ0v) is 29.6. The van der Waals surface area contributed by atoms with Crippen LogP contribution in [0.15, 0.2) is 71.6 Å². The van der Waals surface area contributed by atoms with Gasteiger partial charge in [0.15, 0.2) is 0 Å². The van der Waals surface area contributed by atoms with E-state index in [0.717, 1.165) is 37.1 Å². The van der Waals surface area contributed by atoms with Crippen molar-refractivity contribution in [2.75, 3.05) is 46.1 Å². The van der Waals surface area contributed by atoms with Crippen molar-refractivity contribution in [3.05, 3.63) is 105 Å². The molecule has 2 N–H and O–H groups in total. The minimum atomic E-state index is -1.30. The Morgan fingerprint density at radius 1 is 1.10 bits per heavy atom. The first-order valence-electron chi connectivity index (χ1n) is 15.9. The summed E-state index contributed by atoms with van der Waals surface area (Å²) < 4.78 is 31.9.